The summed E-state index contributed by atoms with van der Waals surface area (Å²) in [5.74, 6) is -1.09. The van der Waals surface area contributed by atoms with E-state index in [1.165, 1.54) is 5.56 Å². The number of carboxylic acid groups (broad SMARTS) is 1. The van der Waals surface area contributed by atoms with Gasteiger partial charge in [-0.1, -0.05) is 24.3 Å². The van der Waals surface area contributed by atoms with Gasteiger partial charge in [-0.15, -0.1) is 0 Å². The third-order valence-electron chi connectivity index (χ3n) is 4.78. The zero-order valence-electron chi connectivity index (χ0n) is 12.5. The van der Waals surface area contributed by atoms with Crippen LogP contribution in [0.3, 0.4) is 0 Å². The molecule has 1 atom stereocenters. The summed E-state index contributed by atoms with van der Waals surface area (Å²) >= 11 is 0. The van der Waals surface area contributed by atoms with E-state index < -0.39 is 11.5 Å². The van der Waals surface area contributed by atoms with Crippen LogP contribution < -0.4 is 5.32 Å². The highest BCUT2D eigenvalue weighted by Gasteiger charge is 2.39. The van der Waals surface area contributed by atoms with E-state index in [1.54, 1.807) is 0 Å². The predicted molar refractivity (Wildman–Crippen MR) is 80.7 cm³/mol. The van der Waals surface area contributed by atoms with Gasteiger partial charge in [-0.25, -0.2) is 0 Å². The van der Waals surface area contributed by atoms with E-state index in [4.69, 9.17) is 4.74 Å². The Hall–Kier alpha value is -1.88. The second kappa shape index (κ2) is 6.08. The van der Waals surface area contributed by atoms with Gasteiger partial charge in [0, 0.05) is 13.2 Å². The van der Waals surface area contributed by atoms with E-state index in [0.29, 0.717) is 26.1 Å². The average Bonchev–Trinajstić information content (AvgIpc) is 2.91. The van der Waals surface area contributed by atoms with Gasteiger partial charge >= 0.3 is 5.97 Å². The molecule has 0 aromatic heterocycles. The van der Waals surface area contributed by atoms with Crippen LogP contribution in [0.4, 0.5) is 0 Å². The summed E-state index contributed by atoms with van der Waals surface area (Å²) in [5.41, 5.74) is 1.64. The third kappa shape index (κ3) is 2.99. The molecule has 22 heavy (non-hydrogen) atoms. The molecule has 2 N–H and O–H groups in total. The Labute approximate surface area is 129 Å². The van der Waals surface area contributed by atoms with Crippen LogP contribution in [-0.4, -0.2) is 35.7 Å². The Kier molecular flexibility index (Phi) is 4.16. The van der Waals surface area contributed by atoms with Gasteiger partial charge in [-0.2, -0.15) is 0 Å². The quantitative estimate of drug-likeness (QED) is 0.890. The van der Waals surface area contributed by atoms with Crippen molar-refractivity contribution in [3.63, 3.8) is 0 Å². The molecule has 0 bridgehead atoms. The number of carbonyl (C=O) groups excluding carboxylic acids is 1. The molecule has 3 rings (SSSR count). The van der Waals surface area contributed by atoms with E-state index in [-0.39, 0.29) is 18.2 Å². The number of amides is 1. The summed E-state index contributed by atoms with van der Waals surface area (Å²) in [7, 11) is 0. The molecule has 1 aliphatic carbocycles. The van der Waals surface area contributed by atoms with Crippen molar-refractivity contribution < 1.29 is 19.4 Å². The molecular formula is C17H21NO4. The number of aryl methyl sites for hydroxylation is 1. The number of carboxylic acids is 1. The summed E-state index contributed by atoms with van der Waals surface area (Å²) in [5, 5.41) is 12.2. The number of carbonyl (C=O) groups is 2. The van der Waals surface area contributed by atoms with Crippen LogP contribution in [0.25, 0.3) is 0 Å². The van der Waals surface area contributed by atoms with Gasteiger partial charge in [-0.05, 0) is 36.8 Å². The van der Waals surface area contributed by atoms with Gasteiger partial charge in [0.15, 0.2) is 0 Å². The fourth-order valence-electron chi connectivity index (χ4n) is 3.58. The molecule has 1 amide bonds. The van der Waals surface area contributed by atoms with Crippen molar-refractivity contribution in [3.8, 4) is 0 Å². The first-order chi connectivity index (χ1) is 10.6. The highest BCUT2D eigenvalue weighted by molar-refractivity contribution is 5.86. The molecule has 0 radical (unpaired) electrons. The van der Waals surface area contributed by atoms with Crippen LogP contribution in [0, 0.1) is 0 Å². The van der Waals surface area contributed by atoms with Crippen molar-refractivity contribution in [2.45, 2.75) is 43.6 Å². The van der Waals surface area contributed by atoms with Crippen molar-refractivity contribution >= 4 is 11.9 Å². The lowest BCUT2D eigenvalue weighted by atomic mass is 9.85. The molecule has 1 fully saturated rings. The van der Waals surface area contributed by atoms with Crippen LogP contribution in [-0.2, 0) is 20.7 Å². The van der Waals surface area contributed by atoms with Crippen molar-refractivity contribution in [2.24, 2.45) is 0 Å². The average molecular weight is 303 g/mol. The van der Waals surface area contributed by atoms with Crippen LogP contribution in [0.2, 0.25) is 0 Å². The lowest BCUT2D eigenvalue weighted by molar-refractivity contribution is -0.140. The zero-order valence-corrected chi connectivity index (χ0v) is 12.5. The van der Waals surface area contributed by atoms with Crippen LogP contribution in [0.15, 0.2) is 24.3 Å². The summed E-state index contributed by atoms with van der Waals surface area (Å²) < 4.78 is 5.33. The number of hydrogen-bond donors (Lipinski definition) is 2. The fraction of sp³-hybridized carbons (Fsp3) is 0.529. The highest BCUT2D eigenvalue weighted by Crippen LogP contribution is 2.34. The maximum atomic E-state index is 12.7. The van der Waals surface area contributed by atoms with E-state index in [0.717, 1.165) is 18.4 Å². The Morgan fingerprint density at radius 3 is 2.73 bits per heavy atom. The largest absolute Gasteiger partial charge is 0.481 e. The smallest absolute Gasteiger partial charge is 0.305 e. The van der Waals surface area contributed by atoms with Gasteiger partial charge in [-0.3, -0.25) is 9.59 Å². The highest BCUT2D eigenvalue weighted by atomic mass is 16.5. The summed E-state index contributed by atoms with van der Waals surface area (Å²) in [6, 6.07) is 8.00. The third-order valence-corrected chi connectivity index (χ3v) is 4.78. The van der Waals surface area contributed by atoms with Crippen LogP contribution in [0.1, 0.15) is 42.7 Å². The number of hydrogen-bond acceptors (Lipinski definition) is 3. The molecule has 1 saturated heterocycles. The first kappa shape index (κ1) is 15.0. The van der Waals surface area contributed by atoms with Crippen LogP contribution in [0.5, 0.6) is 0 Å². The van der Waals surface area contributed by atoms with Gasteiger partial charge < -0.3 is 15.2 Å². The minimum Gasteiger partial charge on any atom is -0.481 e. The lowest BCUT2D eigenvalue weighted by Crippen LogP contribution is -2.54. The number of nitrogens with one attached hydrogen (secondary N) is 1. The number of fused-ring (bicyclic) bond motifs is 1. The Morgan fingerprint density at radius 2 is 2.00 bits per heavy atom. The maximum absolute atomic E-state index is 12.7. The SMILES string of the molecule is O=C(O)CC1(NC(=O)C2CCc3ccccc32)CCOCC1. The Balaban J connectivity index is 1.76. The topological polar surface area (TPSA) is 75.6 Å². The van der Waals surface area contributed by atoms with E-state index in [2.05, 4.69) is 11.4 Å². The molecule has 1 aromatic carbocycles. The van der Waals surface area contributed by atoms with Crippen LogP contribution >= 0.6 is 0 Å². The minimum absolute atomic E-state index is 0.0452. The molecule has 0 spiro atoms. The second-order valence-corrected chi connectivity index (χ2v) is 6.24. The maximum Gasteiger partial charge on any atom is 0.305 e. The summed E-state index contributed by atoms with van der Waals surface area (Å²) in [6.45, 7) is 0.990. The number of benzene rings is 1. The summed E-state index contributed by atoms with van der Waals surface area (Å²) in [6.07, 6.45) is 2.77. The molecule has 5 nitrogen and oxygen atoms in total. The van der Waals surface area contributed by atoms with Crippen molar-refractivity contribution in [1.82, 2.24) is 5.32 Å². The van der Waals surface area contributed by atoms with E-state index in [9.17, 15) is 14.7 Å². The second-order valence-electron chi connectivity index (χ2n) is 6.24. The molecule has 1 aliphatic heterocycles. The minimum atomic E-state index is -0.881. The Bertz CT molecular complexity index is 578. The van der Waals surface area contributed by atoms with Crippen molar-refractivity contribution in [3.05, 3.63) is 35.4 Å². The van der Waals surface area contributed by atoms with Gasteiger partial charge in [0.05, 0.1) is 17.9 Å². The Morgan fingerprint density at radius 1 is 1.27 bits per heavy atom. The fourth-order valence-corrected chi connectivity index (χ4v) is 3.58. The van der Waals surface area contributed by atoms with Crippen molar-refractivity contribution in [2.75, 3.05) is 13.2 Å². The number of aliphatic carboxylic acids is 1. The van der Waals surface area contributed by atoms with Crippen molar-refractivity contribution in [1.29, 1.82) is 0 Å². The molecule has 0 saturated carbocycles. The standard InChI is InChI=1S/C17H21NO4/c19-15(20)11-17(7-9-22-10-8-17)18-16(21)14-6-5-12-3-1-2-4-13(12)14/h1-4,14H,5-11H2,(H,18,21)(H,19,20). The first-order valence-electron chi connectivity index (χ1n) is 7.79. The molecule has 1 heterocycles. The zero-order chi connectivity index (χ0) is 15.6. The monoisotopic (exact) mass is 303 g/mol. The molecule has 1 unspecified atom stereocenters. The number of ether oxygens (including phenoxy) is 1. The molecular weight excluding hydrogens is 282 g/mol. The molecule has 1 aromatic rings. The van der Waals surface area contributed by atoms with Gasteiger partial charge in [0.2, 0.25) is 5.91 Å². The van der Waals surface area contributed by atoms with E-state index in [1.807, 2.05) is 18.2 Å². The lowest BCUT2D eigenvalue weighted by Gasteiger charge is -2.37. The van der Waals surface area contributed by atoms with Gasteiger partial charge in [0.25, 0.3) is 0 Å². The molecule has 2 aliphatic rings. The van der Waals surface area contributed by atoms with E-state index >= 15 is 0 Å². The molecule has 118 valence electrons. The first-order valence-corrected chi connectivity index (χ1v) is 7.79. The predicted octanol–water partition coefficient (Wildman–Crippen LogP) is 1.86. The normalized spacial score (nSPS) is 22.8. The van der Waals surface area contributed by atoms with Gasteiger partial charge in [0.1, 0.15) is 0 Å². The summed E-state index contributed by atoms with van der Waals surface area (Å²) in [4.78, 5) is 23.9. The number of rotatable bonds is 4. The molecule has 5 heteroatoms.